The van der Waals surface area contributed by atoms with Crippen LogP contribution in [0, 0.1) is 29.1 Å². The van der Waals surface area contributed by atoms with Crippen LogP contribution in [0.3, 0.4) is 0 Å². The van der Waals surface area contributed by atoms with Gasteiger partial charge in [-0.3, -0.25) is 0 Å². The van der Waals surface area contributed by atoms with E-state index in [-0.39, 0.29) is 30.5 Å². The van der Waals surface area contributed by atoms with Crippen molar-refractivity contribution in [1.29, 1.82) is 0 Å². The van der Waals surface area contributed by atoms with E-state index in [1.54, 1.807) is 0 Å². The Labute approximate surface area is 99.5 Å². The van der Waals surface area contributed by atoms with Gasteiger partial charge in [0.05, 0.1) is 0 Å². The second kappa shape index (κ2) is 5.59. The first-order chi connectivity index (χ1) is 6.50. The summed E-state index contributed by atoms with van der Waals surface area (Å²) in [6.45, 7) is -0.196. The maximum absolute atomic E-state index is 12.8. The first-order valence-corrected chi connectivity index (χ1v) is 3.71. The molecule has 0 atom stereocenters. The van der Waals surface area contributed by atoms with Crippen LogP contribution in [0.4, 0.5) is 22.0 Å². The highest BCUT2D eigenvalue weighted by atomic mass is 127. The van der Waals surface area contributed by atoms with Crippen LogP contribution in [0.1, 0.15) is 5.56 Å². The molecule has 0 aliphatic carbocycles. The molecule has 2 N–H and O–H groups in total. The summed E-state index contributed by atoms with van der Waals surface area (Å²) in [7, 11) is 0. The third-order valence-electron chi connectivity index (χ3n) is 1.70. The lowest BCUT2D eigenvalue weighted by Gasteiger charge is -2.06. The standard InChI is InChI=1S/C8H6F5N.HI/c9-4-3(1-2-14)5(10)7(12)8(13)6(4)11;/h1-2,14H2;1H. The fraction of sp³-hybridized carbons (Fsp3) is 0.250. The van der Waals surface area contributed by atoms with Gasteiger partial charge in [-0.2, -0.15) is 0 Å². The van der Waals surface area contributed by atoms with Gasteiger partial charge in [0.1, 0.15) is 0 Å². The van der Waals surface area contributed by atoms with E-state index in [2.05, 4.69) is 0 Å². The van der Waals surface area contributed by atoms with Gasteiger partial charge in [0, 0.05) is 5.56 Å². The van der Waals surface area contributed by atoms with Crippen molar-refractivity contribution in [3.05, 3.63) is 34.6 Å². The minimum atomic E-state index is -2.15. The quantitative estimate of drug-likeness (QED) is 0.381. The van der Waals surface area contributed by atoms with E-state index in [1.165, 1.54) is 0 Å². The fourth-order valence-electron chi connectivity index (χ4n) is 1.01. The van der Waals surface area contributed by atoms with Gasteiger partial charge in [0.25, 0.3) is 0 Å². The van der Waals surface area contributed by atoms with E-state index < -0.39 is 41.1 Å². The largest absolute Gasteiger partial charge is 0.330 e. The summed E-state index contributed by atoms with van der Waals surface area (Å²) in [6.07, 6.45) is -0.397. The second-order valence-corrected chi connectivity index (χ2v) is 2.59. The summed E-state index contributed by atoms with van der Waals surface area (Å²) >= 11 is 0. The summed E-state index contributed by atoms with van der Waals surface area (Å²) in [5.41, 5.74) is 4.09. The average Bonchev–Trinajstić information content (AvgIpc) is 2.19. The first-order valence-electron chi connectivity index (χ1n) is 3.71. The molecule has 0 radical (unpaired) electrons. The Kier molecular flexibility index (Phi) is 5.43. The lowest BCUT2D eigenvalue weighted by molar-refractivity contribution is 0.370. The molecule has 0 amide bonds. The van der Waals surface area contributed by atoms with Crippen LogP contribution >= 0.6 is 24.0 Å². The Bertz CT molecular complexity index is 340. The number of hydrogen-bond acceptors (Lipinski definition) is 1. The molecule has 1 rings (SSSR count). The zero-order valence-corrected chi connectivity index (χ0v) is 9.62. The highest BCUT2D eigenvalue weighted by molar-refractivity contribution is 14.0. The van der Waals surface area contributed by atoms with Crippen molar-refractivity contribution in [3.63, 3.8) is 0 Å². The molecule has 0 aliphatic rings. The molecule has 0 saturated carbocycles. The molecule has 15 heavy (non-hydrogen) atoms. The van der Waals surface area contributed by atoms with Gasteiger partial charge in [-0.15, -0.1) is 24.0 Å². The van der Waals surface area contributed by atoms with Crippen molar-refractivity contribution in [2.75, 3.05) is 6.54 Å². The number of benzene rings is 1. The van der Waals surface area contributed by atoms with Crippen LogP contribution in [0.15, 0.2) is 0 Å². The van der Waals surface area contributed by atoms with Crippen LogP contribution in [0.2, 0.25) is 0 Å². The minimum Gasteiger partial charge on any atom is -0.330 e. The van der Waals surface area contributed by atoms with E-state index in [9.17, 15) is 22.0 Å². The molecular formula is C8H7F5IN. The van der Waals surface area contributed by atoms with Gasteiger partial charge in [0.2, 0.25) is 5.82 Å². The van der Waals surface area contributed by atoms with Crippen LogP contribution in [-0.4, -0.2) is 6.54 Å². The maximum atomic E-state index is 12.8. The zero-order chi connectivity index (χ0) is 10.9. The molecule has 7 heteroatoms. The Hall–Kier alpha value is -0.440. The van der Waals surface area contributed by atoms with Crippen LogP contribution in [0.5, 0.6) is 0 Å². The lowest BCUT2D eigenvalue weighted by Crippen LogP contribution is -2.11. The molecule has 1 nitrogen and oxygen atoms in total. The Morgan fingerprint density at radius 1 is 0.733 bits per heavy atom. The summed E-state index contributed by atoms with van der Waals surface area (Å²) in [5.74, 6) is -9.65. The van der Waals surface area contributed by atoms with Crippen LogP contribution in [0.25, 0.3) is 0 Å². The molecule has 86 valence electrons. The van der Waals surface area contributed by atoms with Crippen molar-refractivity contribution in [2.45, 2.75) is 6.42 Å². The SMILES string of the molecule is I.NCCc1c(F)c(F)c(F)c(F)c1F. The summed E-state index contributed by atoms with van der Waals surface area (Å²) < 4.78 is 63.2. The summed E-state index contributed by atoms with van der Waals surface area (Å²) in [6, 6.07) is 0. The Morgan fingerprint density at radius 2 is 1.07 bits per heavy atom. The van der Waals surface area contributed by atoms with E-state index in [0.717, 1.165) is 0 Å². The number of halogens is 6. The Balaban J connectivity index is 0.00000196. The second-order valence-electron chi connectivity index (χ2n) is 2.59. The maximum Gasteiger partial charge on any atom is 0.200 e. The van der Waals surface area contributed by atoms with Gasteiger partial charge in [-0.1, -0.05) is 0 Å². The average molecular weight is 339 g/mol. The van der Waals surface area contributed by atoms with Crippen molar-refractivity contribution in [2.24, 2.45) is 5.73 Å². The van der Waals surface area contributed by atoms with E-state index in [1.807, 2.05) is 0 Å². The van der Waals surface area contributed by atoms with Gasteiger partial charge >= 0.3 is 0 Å². The molecular weight excluding hydrogens is 332 g/mol. The molecule has 0 bridgehead atoms. The molecule has 0 aromatic heterocycles. The zero-order valence-electron chi connectivity index (χ0n) is 7.29. The molecule has 0 saturated heterocycles. The topological polar surface area (TPSA) is 26.0 Å². The minimum absolute atomic E-state index is 0. The van der Waals surface area contributed by atoms with Gasteiger partial charge in [-0.05, 0) is 13.0 Å². The van der Waals surface area contributed by atoms with Crippen LogP contribution < -0.4 is 5.73 Å². The monoisotopic (exact) mass is 339 g/mol. The molecule has 0 heterocycles. The van der Waals surface area contributed by atoms with E-state index in [4.69, 9.17) is 5.73 Å². The van der Waals surface area contributed by atoms with E-state index in [0.29, 0.717) is 0 Å². The first kappa shape index (κ1) is 14.6. The predicted molar refractivity (Wildman–Crippen MR) is 54.4 cm³/mol. The number of nitrogens with two attached hydrogens (primary N) is 1. The van der Waals surface area contributed by atoms with E-state index >= 15 is 0 Å². The van der Waals surface area contributed by atoms with Crippen molar-refractivity contribution < 1.29 is 22.0 Å². The molecule has 0 fully saturated rings. The molecule has 1 aromatic carbocycles. The highest BCUT2D eigenvalue weighted by Gasteiger charge is 2.24. The van der Waals surface area contributed by atoms with Gasteiger partial charge in [0.15, 0.2) is 23.3 Å². The number of rotatable bonds is 2. The summed E-state index contributed by atoms with van der Waals surface area (Å²) in [4.78, 5) is 0. The molecule has 0 unspecified atom stereocenters. The lowest BCUT2D eigenvalue weighted by atomic mass is 10.1. The van der Waals surface area contributed by atoms with Crippen molar-refractivity contribution >= 4 is 24.0 Å². The molecule has 0 aliphatic heterocycles. The summed E-state index contributed by atoms with van der Waals surface area (Å²) in [5, 5.41) is 0. The predicted octanol–water partition coefficient (Wildman–Crippen LogP) is 2.50. The normalized spacial score (nSPS) is 10.0. The molecule has 1 aromatic rings. The number of hydrogen-bond donors (Lipinski definition) is 1. The third-order valence-corrected chi connectivity index (χ3v) is 1.70. The van der Waals surface area contributed by atoms with Gasteiger partial charge in [-0.25, -0.2) is 22.0 Å². The highest BCUT2D eigenvalue weighted by Crippen LogP contribution is 2.22. The van der Waals surface area contributed by atoms with Gasteiger partial charge < -0.3 is 5.73 Å². The third kappa shape index (κ3) is 2.57. The van der Waals surface area contributed by atoms with Crippen molar-refractivity contribution in [3.8, 4) is 0 Å². The molecule has 0 spiro atoms. The fourth-order valence-corrected chi connectivity index (χ4v) is 1.01. The van der Waals surface area contributed by atoms with Crippen LogP contribution in [-0.2, 0) is 6.42 Å². The van der Waals surface area contributed by atoms with Crippen molar-refractivity contribution in [1.82, 2.24) is 0 Å². The Morgan fingerprint density at radius 3 is 1.40 bits per heavy atom. The smallest absolute Gasteiger partial charge is 0.200 e.